The Morgan fingerprint density at radius 3 is 2.56 bits per heavy atom. The maximum absolute atomic E-state index is 11.0. The first kappa shape index (κ1) is 12.1. The maximum atomic E-state index is 11.0. The van der Waals surface area contributed by atoms with E-state index in [1.807, 2.05) is 0 Å². The fourth-order valence-corrected chi connectivity index (χ4v) is 1.34. The van der Waals surface area contributed by atoms with Crippen LogP contribution >= 0.6 is 12.4 Å². The number of halogens is 1. The third-order valence-corrected chi connectivity index (χ3v) is 2.02. The lowest BCUT2D eigenvalue weighted by Gasteiger charge is -2.03. The van der Waals surface area contributed by atoms with E-state index in [1.54, 1.807) is 36.5 Å². The van der Waals surface area contributed by atoms with Crippen LogP contribution in [-0.2, 0) is 0 Å². The number of nitrogens with zero attached hydrogens (tertiary/aromatic N) is 2. The van der Waals surface area contributed by atoms with Gasteiger partial charge in [0.25, 0.3) is 0 Å². The molecule has 1 aromatic carbocycles. The van der Waals surface area contributed by atoms with Gasteiger partial charge in [0.2, 0.25) is 0 Å². The number of carboxylic acids is 1. The van der Waals surface area contributed by atoms with Crippen LogP contribution in [0.25, 0.3) is 11.3 Å². The maximum Gasteiger partial charge on any atom is 0.336 e. The molecule has 0 aliphatic carbocycles. The Morgan fingerprint density at radius 1 is 1.19 bits per heavy atom. The fraction of sp³-hybridized carbons (Fsp3) is 0. The van der Waals surface area contributed by atoms with Crippen LogP contribution in [0.4, 0.5) is 0 Å². The van der Waals surface area contributed by atoms with Crippen molar-refractivity contribution in [1.29, 1.82) is 0 Å². The summed E-state index contributed by atoms with van der Waals surface area (Å²) >= 11 is 0. The minimum atomic E-state index is -0.954. The molecule has 1 heterocycles. The third-order valence-electron chi connectivity index (χ3n) is 2.02. The van der Waals surface area contributed by atoms with Crippen LogP contribution in [0, 0.1) is 0 Å². The molecule has 0 radical (unpaired) electrons. The number of carboxylic acid groups (broad SMARTS) is 1. The topological polar surface area (TPSA) is 63.1 Å². The SMILES string of the molecule is Cl.O=C(O)c1ccccc1-c1ccncn1. The standard InChI is InChI=1S/C11H8N2O2.ClH/c14-11(15)9-4-2-1-3-8(9)10-5-6-12-7-13-10;/h1-7H,(H,14,15);1H. The van der Waals surface area contributed by atoms with Gasteiger partial charge in [-0.2, -0.15) is 0 Å². The molecule has 1 N–H and O–H groups in total. The summed E-state index contributed by atoms with van der Waals surface area (Å²) in [4.78, 5) is 18.8. The molecule has 1 aromatic heterocycles. The van der Waals surface area contributed by atoms with Crippen molar-refractivity contribution >= 4 is 18.4 Å². The van der Waals surface area contributed by atoms with Crippen molar-refractivity contribution in [2.45, 2.75) is 0 Å². The van der Waals surface area contributed by atoms with Gasteiger partial charge in [0, 0.05) is 11.8 Å². The lowest BCUT2D eigenvalue weighted by atomic mass is 10.0. The van der Waals surface area contributed by atoms with Crippen LogP contribution in [-0.4, -0.2) is 21.0 Å². The molecule has 0 saturated heterocycles. The molecule has 0 aliphatic heterocycles. The Morgan fingerprint density at radius 2 is 1.94 bits per heavy atom. The van der Waals surface area contributed by atoms with E-state index in [0.717, 1.165) is 0 Å². The average molecular weight is 237 g/mol. The van der Waals surface area contributed by atoms with E-state index in [-0.39, 0.29) is 18.0 Å². The molecule has 0 spiro atoms. The van der Waals surface area contributed by atoms with Crippen molar-refractivity contribution in [3.63, 3.8) is 0 Å². The van der Waals surface area contributed by atoms with Crippen molar-refractivity contribution in [1.82, 2.24) is 9.97 Å². The number of benzene rings is 1. The predicted octanol–water partition coefficient (Wildman–Crippen LogP) is 2.26. The van der Waals surface area contributed by atoms with Crippen molar-refractivity contribution in [2.24, 2.45) is 0 Å². The lowest BCUT2D eigenvalue weighted by Crippen LogP contribution is -1.99. The number of aromatic carboxylic acids is 1. The highest BCUT2D eigenvalue weighted by atomic mass is 35.5. The molecule has 4 nitrogen and oxygen atoms in total. The molecule has 0 aliphatic rings. The largest absolute Gasteiger partial charge is 0.478 e. The Kier molecular flexibility index (Phi) is 3.96. The minimum absolute atomic E-state index is 0. The Hall–Kier alpha value is -1.94. The Labute approximate surface area is 98.4 Å². The normalized spacial score (nSPS) is 9.25. The second kappa shape index (κ2) is 5.23. The lowest BCUT2D eigenvalue weighted by molar-refractivity contribution is 0.0697. The molecular weight excluding hydrogens is 228 g/mol. The van der Waals surface area contributed by atoms with Gasteiger partial charge in [0.05, 0.1) is 11.3 Å². The first-order valence-corrected chi connectivity index (χ1v) is 4.38. The van der Waals surface area contributed by atoms with E-state index in [0.29, 0.717) is 11.3 Å². The van der Waals surface area contributed by atoms with Gasteiger partial charge >= 0.3 is 5.97 Å². The molecule has 2 aromatic rings. The van der Waals surface area contributed by atoms with Crippen molar-refractivity contribution in [3.8, 4) is 11.3 Å². The summed E-state index contributed by atoms with van der Waals surface area (Å²) in [7, 11) is 0. The summed E-state index contributed by atoms with van der Waals surface area (Å²) < 4.78 is 0. The molecule has 5 heteroatoms. The first-order valence-electron chi connectivity index (χ1n) is 4.38. The van der Waals surface area contributed by atoms with Crippen LogP contribution in [0.2, 0.25) is 0 Å². The zero-order chi connectivity index (χ0) is 10.7. The van der Waals surface area contributed by atoms with E-state index in [9.17, 15) is 4.79 Å². The average Bonchev–Trinajstić information content (AvgIpc) is 2.30. The van der Waals surface area contributed by atoms with Crippen molar-refractivity contribution < 1.29 is 9.90 Å². The molecule has 0 bridgehead atoms. The molecule has 2 rings (SSSR count). The van der Waals surface area contributed by atoms with Gasteiger partial charge in [-0.25, -0.2) is 14.8 Å². The van der Waals surface area contributed by atoms with E-state index in [2.05, 4.69) is 9.97 Å². The summed E-state index contributed by atoms with van der Waals surface area (Å²) in [6.45, 7) is 0. The Balaban J connectivity index is 0.00000128. The van der Waals surface area contributed by atoms with Crippen LogP contribution in [0.15, 0.2) is 42.9 Å². The molecule has 16 heavy (non-hydrogen) atoms. The van der Waals surface area contributed by atoms with Crippen LogP contribution < -0.4 is 0 Å². The number of hydrogen-bond donors (Lipinski definition) is 1. The molecule has 0 amide bonds. The summed E-state index contributed by atoms with van der Waals surface area (Å²) in [6, 6.07) is 8.44. The summed E-state index contributed by atoms with van der Waals surface area (Å²) in [5.41, 5.74) is 1.46. The van der Waals surface area contributed by atoms with Gasteiger partial charge < -0.3 is 5.11 Å². The number of aromatic nitrogens is 2. The summed E-state index contributed by atoms with van der Waals surface area (Å²) in [5, 5.41) is 8.98. The molecule has 0 atom stereocenters. The van der Waals surface area contributed by atoms with Gasteiger partial charge in [-0.3, -0.25) is 0 Å². The number of carbonyl (C=O) groups is 1. The van der Waals surface area contributed by atoms with E-state index in [4.69, 9.17) is 5.11 Å². The zero-order valence-corrected chi connectivity index (χ0v) is 9.02. The Bertz CT molecular complexity index is 488. The number of rotatable bonds is 2. The van der Waals surface area contributed by atoms with Crippen LogP contribution in [0.5, 0.6) is 0 Å². The monoisotopic (exact) mass is 236 g/mol. The highest BCUT2D eigenvalue weighted by Crippen LogP contribution is 2.20. The third kappa shape index (κ3) is 2.35. The zero-order valence-electron chi connectivity index (χ0n) is 8.20. The van der Waals surface area contributed by atoms with Crippen LogP contribution in [0.1, 0.15) is 10.4 Å². The fourth-order valence-electron chi connectivity index (χ4n) is 1.34. The van der Waals surface area contributed by atoms with Gasteiger partial charge in [-0.1, -0.05) is 18.2 Å². The minimum Gasteiger partial charge on any atom is -0.478 e. The quantitative estimate of drug-likeness (QED) is 0.869. The molecule has 0 saturated carbocycles. The highest BCUT2D eigenvalue weighted by Gasteiger charge is 2.10. The van der Waals surface area contributed by atoms with E-state index < -0.39 is 5.97 Å². The molecule has 0 fully saturated rings. The molecule has 0 unspecified atom stereocenters. The molecule has 82 valence electrons. The van der Waals surface area contributed by atoms with E-state index in [1.165, 1.54) is 6.33 Å². The van der Waals surface area contributed by atoms with E-state index >= 15 is 0 Å². The highest BCUT2D eigenvalue weighted by molar-refractivity contribution is 5.95. The van der Waals surface area contributed by atoms with Gasteiger partial charge in [-0.05, 0) is 12.1 Å². The van der Waals surface area contributed by atoms with Crippen LogP contribution in [0.3, 0.4) is 0 Å². The van der Waals surface area contributed by atoms with Gasteiger partial charge in [0.1, 0.15) is 6.33 Å². The smallest absolute Gasteiger partial charge is 0.336 e. The van der Waals surface area contributed by atoms with Gasteiger partial charge in [0.15, 0.2) is 0 Å². The second-order valence-corrected chi connectivity index (χ2v) is 2.95. The van der Waals surface area contributed by atoms with Crippen molar-refractivity contribution in [2.75, 3.05) is 0 Å². The van der Waals surface area contributed by atoms with Crippen molar-refractivity contribution in [3.05, 3.63) is 48.4 Å². The molecular formula is C11H9ClN2O2. The number of hydrogen-bond acceptors (Lipinski definition) is 3. The second-order valence-electron chi connectivity index (χ2n) is 2.95. The summed E-state index contributed by atoms with van der Waals surface area (Å²) in [5.74, 6) is -0.954. The predicted molar refractivity (Wildman–Crippen MR) is 61.7 cm³/mol. The summed E-state index contributed by atoms with van der Waals surface area (Å²) in [6.07, 6.45) is 2.98. The van der Waals surface area contributed by atoms with Gasteiger partial charge in [-0.15, -0.1) is 12.4 Å². The first-order chi connectivity index (χ1) is 7.29.